The van der Waals surface area contributed by atoms with Gasteiger partial charge in [0, 0.05) is 6.54 Å². The number of furan rings is 1. The second kappa shape index (κ2) is 8.87. The van der Waals surface area contributed by atoms with Crippen LogP contribution in [0.1, 0.15) is 23.0 Å². The van der Waals surface area contributed by atoms with Gasteiger partial charge in [-0.3, -0.25) is 0 Å². The van der Waals surface area contributed by atoms with E-state index in [-0.39, 0.29) is 13.2 Å². The zero-order chi connectivity index (χ0) is 18.2. The summed E-state index contributed by atoms with van der Waals surface area (Å²) in [5, 5.41) is 10.3. The summed E-state index contributed by atoms with van der Waals surface area (Å²) in [5.74, 6) is 0.416. The van der Waals surface area contributed by atoms with Gasteiger partial charge in [-0.1, -0.05) is 60.7 Å². The van der Waals surface area contributed by atoms with E-state index in [4.69, 9.17) is 9.15 Å². The third-order valence-corrected chi connectivity index (χ3v) is 3.94. The maximum Gasteiger partial charge on any atom is 0.410 e. The number of ether oxygens (including phenoxy) is 1. The zero-order valence-corrected chi connectivity index (χ0v) is 14.3. The molecule has 134 valence electrons. The van der Waals surface area contributed by atoms with Gasteiger partial charge in [0.2, 0.25) is 0 Å². The van der Waals surface area contributed by atoms with Crippen LogP contribution in [0.3, 0.4) is 0 Å². The summed E-state index contributed by atoms with van der Waals surface area (Å²) in [6.45, 7) is 0.601. The van der Waals surface area contributed by atoms with Crippen LogP contribution in [-0.2, 0) is 17.9 Å². The molecular weight excluding hydrogens is 330 g/mol. The minimum atomic E-state index is -0.919. The summed E-state index contributed by atoms with van der Waals surface area (Å²) in [6, 6.07) is 22.5. The Kier molecular flexibility index (Phi) is 6.06. The molecule has 0 fully saturated rings. The Morgan fingerprint density at radius 1 is 0.962 bits per heavy atom. The highest BCUT2D eigenvalue weighted by Gasteiger charge is 2.22. The molecule has 0 bridgehead atoms. The molecule has 0 spiro atoms. The maximum atomic E-state index is 12.6. The van der Waals surface area contributed by atoms with Crippen LogP contribution in [0.2, 0.25) is 0 Å². The lowest BCUT2D eigenvalue weighted by molar-refractivity contribution is 0.0589. The number of aliphatic hydroxyl groups excluding tert-OH is 1. The quantitative estimate of drug-likeness (QED) is 0.694. The number of benzene rings is 2. The SMILES string of the molecule is O=C(OCc1ccccc1)N(Cc1ccccc1)CC(O)c1ccco1. The summed E-state index contributed by atoms with van der Waals surface area (Å²) < 4.78 is 10.7. The first-order valence-corrected chi connectivity index (χ1v) is 8.43. The molecule has 3 rings (SSSR count). The van der Waals surface area contributed by atoms with E-state index in [2.05, 4.69) is 0 Å². The molecule has 1 N–H and O–H groups in total. The second-order valence-electron chi connectivity index (χ2n) is 5.94. The van der Waals surface area contributed by atoms with Crippen molar-refractivity contribution in [2.45, 2.75) is 19.3 Å². The zero-order valence-electron chi connectivity index (χ0n) is 14.3. The van der Waals surface area contributed by atoms with Gasteiger partial charge in [0.05, 0.1) is 12.8 Å². The van der Waals surface area contributed by atoms with E-state index in [0.717, 1.165) is 11.1 Å². The molecule has 0 radical (unpaired) electrons. The third kappa shape index (κ3) is 4.97. The molecule has 5 heteroatoms. The Morgan fingerprint density at radius 3 is 2.23 bits per heavy atom. The number of amides is 1. The van der Waals surface area contributed by atoms with Crippen molar-refractivity contribution in [2.24, 2.45) is 0 Å². The topological polar surface area (TPSA) is 62.9 Å². The van der Waals surface area contributed by atoms with Gasteiger partial charge >= 0.3 is 6.09 Å². The number of hydrogen-bond donors (Lipinski definition) is 1. The van der Waals surface area contributed by atoms with Gasteiger partial charge in [-0.05, 0) is 23.3 Å². The number of aliphatic hydroxyl groups is 1. The molecule has 0 saturated carbocycles. The number of carbonyl (C=O) groups is 1. The van der Waals surface area contributed by atoms with E-state index in [1.54, 1.807) is 12.1 Å². The van der Waals surface area contributed by atoms with Gasteiger partial charge in [-0.15, -0.1) is 0 Å². The molecule has 0 aliphatic rings. The molecule has 2 aromatic carbocycles. The van der Waals surface area contributed by atoms with Crippen LogP contribution in [0.5, 0.6) is 0 Å². The molecule has 1 atom stereocenters. The second-order valence-corrected chi connectivity index (χ2v) is 5.94. The van der Waals surface area contributed by atoms with E-state index in [9.17, 15) is 9.90 Å². The summed E-state index contributed by atoms with van der Waals surface area (Å²) >= 11 is 0. The average molecular weight is 351 g/mol. The number of nitrogens with zero attached hydrogens (tertiary/aromatic N) is 1. The van der Waals surface area contributed by atoms with Crippen molar-refractivity contribution in [3.05, 3.63) is 95.9 Å². The largest absolute Gasteiger partial charge is 0.467 e. The molecule has 0 aliphatic carbocycles. The standard InChI is InChI=1S/C21H21NO4/c23-19(20-12-7-13-25-20)15-22(14-17-8-3-1-4-9-17)21(24)26-16-18-10-5-2-6-11-18/h1-13,19,23H,14-16H2. The van der Waals surface area contributed by atoms with Gasteiger partial charge in [-0.2, -0.15) is 0 Å². The monoisotopic (exact) mass is 351 g/mol. The number of rotatable bonds is 7. The van der Waals surface area contributed by atoms with Crippen molar-refractivity contribution < 1.29 is 19.1 Å². The maximum absolute atomic E-state index is 12.6. The Hall–Kier alpha value is -3.05. The summed E-state index contributed by atoms with van der Waals surface area (Å²) in [7, 11) is 0. The number of carbonyl (C=O) groups excluding carboxylic acids is 1. The molecular formula is C21H21NO4. The molecule has 26 heavy (non-hydrogen) atoms. The summed E-state index contributed by atoms with van der Waals surface area (Å²) in [5.41, 5.74) is 1.86. The van der Waals surface area contributed by atoms with Crippen LogP contribution in [0.4, 0.5) is 4.79 Å². The fourth-order valence-electron chi connectivity index (χ4n) is 2.60. The number of hydrogen-bond acceptors (Lipinski definition) is 4. The van der Waals surface area contributed by atoms with Crippen LogP contribution in [0.15, 0.2) is 83.5 Å². The van der Waals surface area contributed by atoms with Gasteiger partial charge in [0.15, 0.2) is 0 Å². The Labute approximate surface area is 152 Å². The van der Waals surface area contributed by atoms with Gasteiger partial charge < -0.3 is 19.2 Å². The predicted molar refractivity (Wildman–Crippen MR) is 97.1 cm³/mol. The van der Waals surface area contributed by atoms with Crippen LogP contribution < -0.4 is 0 Å². The fraction of sp³-hybridized carbons (Fsp3) is 0.190. The van der Waals surface area contributed by atoms with Crippen molar-refractivity contribution in [2.75, 3.05) is 6.54 Å². The predicted octanol–water partition coefficient (Wildman–Crippen LogP) is 4.15. The van der Waals surface area contributed by atoms with Crippen molar-refractivity contribution in [1.29, 1.82) is 0 Å². The van der Waals surface area contributed by atoms with Crippen LogP contribution in [0.25, 0.3) is 0 Å². The van der Waals surface area contributed by atoms with Gasteiger partial charge in [0.1, 0.15) is 18.5 Å². The van der Waals surface area contributed by atoms with Gasteiger partial charge in [0.25, 0.3) is 0 Å². The lowest BCUT2D eigenvalue weighted by Gasteiger charge is -2.24. The molecule has 0 aliphatic heterocycles. The van der Waals surface area contributed by atoms with E-state index >= 15 is 0 Å². The van der Waals surface area contributed by atoms with Crippen molar-refractivity contribution in [3.8, 4) is 0 Å². The average Bonchev–Trinajstić information content (AvgIpc) is 3.22. The highest BCUT2D eigenvalue weighted by Crippen LogP contribution is 2.17. The molecule has 1 amide bonds. The molecule has 1 aromatic heterocycles. The van der Waals surface area contributed by atoms with Crippen LogP contribution >= 0.6 is 0 Å². The lowest BCUT2D eigenvalue weighted by Crippen LogP contribution is -2.34. The Bertz CT molecular complexity index is 787. The van der Waals surface area contributed by atoms with Crippen molar-refractivity contribution in [1.82, 2.24) is 4.90 Å². The molecule has 5 nitrogen and oxygen atoms in total. The minimum absolute atomic E-state index is 0.0794. The minimum Gasteiger partial charge on any atom is -0.467 e. The van der Waals surface area contributed by atoms with Gasteiger partial charge in [-0.25, -0.2) is 4.79 Å². The fourth-order valence-corrected chi connectivity index (χ4v) is 2.60. The first-order chi connectivity index (χ1) is 12.7. The molecule has 1 heterocycles. The first kappa shape index (κ1) is 17.8. The molecule has 0 saturated heterocycles. The van der Waals surface area contributed by atoms with Crippen LogP contribution in [-0.4, -0.2) is 22.6 Å². The Balaban J connectivity index is 1.67. The third-order valence-electron chi connectivity index (χ3n) is 3.94. The summed E-state index contributed by atoms with van der Waals surface area (Å²) in [4.78, 5) is 14.1. The lowest BCUT2D eigenvalue weighted by atomic mass is 10.2. The Morgan fingerprint density at radius 2 is 1.62 bits per heavy atom. The van der Waals surface area contributed by atoms with Crippen molar-refractivity contribution in [3.63, 3.8) is 0 Å². The normalized spacial score (nSPS) is 11.7. The molecule has 1 unspecified atom stereocenters. The van der Waals surface area contributed by atoms with E-state index in [0.29, 0.717) is 12.3 Å². The van der Waals surface area contributed by atoms with E-state index in [1.807, 2.05) is 60.7 Å². The first-order valence-electron chi connectivity index (χ1n) is 8.43. The van der Waals surface area contributed by atoms with E-state index < -0.39 is 12.2 Å². The highest BCUT2D eigenvalue weighted by atomic mass is 16.6. The highest BCUT2D eigenvalue weighted by molar-refractivity contribution is 5.67. The van der Waals surface area contributed by atoms with Crippen LogP contribution in [0, 0.1) is 0 Å². The molecule has 3 aromatic rings. The van der Waals surface area contributed by atoms with Crippen molar-refractivity contribution >= 4 is 6.09 Å². The smallest absolute Gasteiger partial charge is 0.410 e. The summed E-state index contributed by atoms with van der Waals surface area (Å²) in [6.07, 6.45) is 0.0923. The van der Waals surface area contributed by atoms with E-state index in [1.165, 1.54) is 11.2 Å².